The molecule has 0 radical (unpaired) electrons. The summed E-state index contributed by atoms with van der Waals surface area (Å²) in [4.78, 5) is 2.65. The fraction of sp³-hybridized carbons (Fsp3) is 1.00. The zero-order chi connectivity index (χ0) is 10.5. The van der Waals surface area contributed by atoms with Gasteiger partial charge < -0.3 is 11.1 Å². The molecule has 2 fully saturated rings. The number of rotatable bonds is 3. The normalized spacial score (nSPS) is 30.6. The van der Waals surface area contributed by atoms with E-state index in [0.29, 0.717) is 6.17 Å². The fourth-order valence-electron chi connectivity index (χ4n) is 2.93. The lowest BCUT2D eigenvalue weighted by Crippen LogP contribution is -2.51. The minimum Gasteiger partial charge on any atom is -0.330 e. The maximum atomic E-state index is 5.61. The monoisotopic (exact) mass is 211 g/mol. The molecule has 88 valence electrons. The Balaban J connectivity index is 1.72. The Bertz CT molecular complexity index is 170. The van der Waals surface area contributed by atoms with Crippen molar-refractivity contribution < 1.29 is 0 Å². The molecule has 2 aliphatic heterocycles. The molecule has 0 saturated carbocycles. The molecule has 3 nitrogen and oxygen atoms in total. The molecule has 2 rings (SSSR count). The molecule has 3 N–H and O–H groups in total. The van der Waals surface area contributed by atoms with Gasteiger partial charge in [0.15, 0.2) is 0 Å². The van der Waals surface area contributed by atoms with Crippen LogP contribution in [-0.4, -0.2) is 37.2 Å². The van der Waals surface area contributed by atoms with Crippen LogP contribution in [0.15, 0.2) is 0 Å². The first-order chi connectivity index (χ1) is 7.40. The van der Waals surface area contributed by atoms with Gasteiger partial charge in [0.2, 0.25) is 0 Å². The van der Waals surface area contributed by atoms with Crippen LogP contribution in [0.3, 0.4) is 0 Å². The highest BCUT2D eigenvalue weighted by Crippen LogP contribution is 2.23. The summed E-state index contributed by atoms with van der Waals surface area (Å²) in [6.07, 6.45) is 8.73. The SMILES string of the molecule is NCCC1CCN(C2CCCCN2)CC1. The summed E-state index contributed by atoms with van der Waals surface area (Å²) >= 11 is 0. The van der Waals surface area contributed by atoms with Crippen molar-refractivity contribution in [3.8, 4) is 0 Å². The molecule has 0 aromatic heterocycles. The van der Waals surface area contributed by atoms with Crippen LogP contribution in [0.4, 0.5) is 0 Å². The third-order valence-corrected chi connectivity index (χ3v) is 3.95. The van der Waals surface area contributed by atoms with E-state index in [-0.39, 0.29) is 0 Å². The zero-order valence-electron chi connectivity index (χ0n) is 9.75. The van der Waals surface area contributed by atoms with Gasteiger partial charge in [-0.25, -0.2) is 0 Å². The molecule has 2 aliphatic rings. The van der Waals surface area contributed by atoms with Crippen molar-refractivity contribution in [2.75, 3.05) is 26.2 Å². The molecule has 2 saturated heterocycles. The van der Waals surface area contributed by atoms with Crippen molar-refractivity contribution in [3.05, 3.63) is 0 Å². The Kier molecular flexibility index (Phi) is 4.42. The van der Waals surface area contributed by atoms with E-state index in [1.54, 1.807) is 0 Å². The molecule has 2 heterocycles. The standard InChI is InChI=1S/C12H25N3/c13-7-4-11-5-9-15(10-6-11)12-3-1-2-8-14-12/h11-12,14H,1-10,13H2. The second-order valence-corrected chi connectivity index (χ2v) is 5.02. The summed E-state index contributed by atoms with van der Waals surface area (Å²) in [5, 5.41) is 3.64. The number of likely N-dealkylation sites (tertiary alicyclic amines) is 1. The number of hydrogen-bond donors (Lipinski definition) is 2. The van der Waals surface area contributed by atoms with Crippen molar-refractivity contribution in [1.29, 1.82) is 0 Å². The first kappa shape index (κ1) is 11.4. The van der Waals surface area contributed by atoms with Crippen LogP contribution in [0.1, 0.15) is 38.5 Å². The number of hydrogen-bond acceptors (Lipinski definition) is 3. The van der Waals surface area contributed by atoms with Crippen LogP contribution in [0.2, 0.25) is 0 Å². The van der Waals surface area contributed by atoms with Crippen LogP contribution in [0.25, 0.3) is 0 Å². The topological polar surface area (TPSA) is 41.3 Å². The minimum absolute atomic E-state index is 0.678. The predicted octanol–water partition coefficient (Wildman–Crippen LogP) is 1.15. The lowest BCUT2D eigenvalue weighted by atomic mass is 9.93. The third kappa shape index (κ3) is 3.16. The van der Waals surface area contributed by atoms with E-state index in [1.807, 2.05) is 0 Å². The molecule has 3 heteroatoms. The molecule has 1 unspecified atom stereocenters. The highest BCUT2D eigenvalue weighted by atomic mass is 15.3. The van der Waals surface area contributed by atoms with Gasteiger partial charge in [0, 0.05) is 0 Å². The van der Waals surface area contributed by atoms with Gasteiger partial charge in [0.05, 0.1) is 6.17 Å². The average molecular weight is 211 g/mol. The maximum Gasteiger partial charge on any atom is 0.0597 e. The number of nitrogens with two attached hydrogens (primary N) is 1. The van der Waals surface area contributed by atoms with Crippen LogP contribution in [0.5, 0.6) is 0 Å². The van der Waals surface area contributed by atoms with Gasteiger partial charge in [-0.3, -0.25) is 4.90 Å². The van der Waals surface area contributed by atoms with E-state index in [0.717, 1.165) is 12.5 Å². The highest BCUT2D eigenvalue weighted by Gasteiger charge is 2.25. The first-order valence-corrected chi connectivity index (χ1v) is 6.57. The van der Waals surface area contributed by atoms with Gasteiger partial charge in [0.25, 0.3) is 0 Å². The van der Waals surface area contributed by atoms with Gasteiger partial charge in [-0.15, -0.1) is 0 Å². The number of piperidine rings is 2. The second-order valence-electron chi connectivity index (χ2n) is 5.02. The van der Waals surface area contributed by atoms with E-state index in [2.05, 4.69) is 10.2 Å². The predicted molar refractivity (Wildman–Crippen MR) is 63.6 cm³/mol. The third-order valence-electron chi connectivity index (χ3n) is 3.95. The van der Waals surface area contributed by atoms with Crippen molar-refractivity contribution in [2.24, 2.45) is 11.7 Å². The molecule has 0 aliphatic carbocycles. The van der Waals surface area contributed by atoms with Crippen molar-refractivity contribution in [2.45, 2.75) is 44.7 Å². The Morgan fingerprint density at radius 3 is 2.53 bits per heavy atom. The van der Waals surface area contributed by atoms with E-state index in [1.165, 1.54) is 58.2 Å². The Morgan fingerprint density at radius 1 is 1.13 bits per heavy atom. The summed E-state index contributed by atoms with van der Waals surface area (Å²) < 4.78 is 0. The maximum absolute atomic E-state index is 5.61. The number of nitrogens with zero attached hydrogens (tertiary/aromatic N) is 1. The van der Waals surface area contributed by atoms with E-state index in [4.69, 9.17) is 5.73 Å². The quantitative estimate of drug-likeness (QED) is 0.736. The van der Waals surface area contributed by atoms with Gasteiger partial charge in [-0.2, -0.15) is 0 Å². The highest BCUT2D eigenvalue weighted by molar-refractivity contribution is 4.79. The molecule has 0 aromatic rings. The first-order valence-electron chi connectivity index (χ1n) is 6.57. The van der Waals surface area contributed by atoms with Crippen LogP contribution >= 0.6 is 0 Å². The van der Waals surface area contributed by atoms with Crippen LogP contribution in [0, 0.1) is 5.92 Å². The van der Waals surface area contributed by atoms with Gasteiger partial charge in [0.1, 0.15) is 0 Å². The van der Waals surface area contributed by atoms with Gasteiger partial charge in [-0.05, 0) is 70.6 Å². The summed E-state index contributed by atoms with van der Waals surface area (Å²) in [5.41, 5.74) is 5.61. The molecule has 1 atom stereocenters. The van der Waals surface area contributed by atoms with E-state index < -0.39 is 0 Å². The zero-order valence-corrected chi connectivity index (χ0v) is 9.75. The van der Waals surface area contributed by atoms with Crippen molar-refractivity contribution in [1.82, 2.24) is 10.2 Å². The van der Waals surface area contributed by atoms with Gasteiger partial charge in [-0.1, -0.05) is 0 Å². The Labute approximate surface area is 93.4 Å². The van der Waals surface area contributed by atoms with E-state index in [9.17, 15) is 0 Å². The minimum atomic E-state index is 0.678. The lowest BCUT2D eigenvalue weighted by Gasteiger charge is -2.39. The largest absolute Gasteiger partial charge is 0.330 e. The van der Waals surface area contributed by atoms with Crippen LogP contribution in [-0.2, 0) is 0 Å². The molecule has 0 spiro atoms. The molecule has 0 amide bonds. The Hall–Kier alpha value is -0.120. The summed E-state index contributed by atoms with van der Waals surface area (Å²) in [7, 11) is 0. The summed E-state index contributed by atoms with van der Waals surface area (Å²) in [6.45, 7) is 4.64. The average Bonchev–Trinajstić information content (AvgIpc) is 2.32. The van der Waals surface area contributed by atoms with Crippen LogP contribution < -0.4 is 11.1 Å². The second kappa shape index (κ2) is 5.83. The summed E-state index contributed by atoms with van der Waals surface area (Å²) in [5.74, 6) is 0.898. The van der Waals surface area contributed by atoms with E-state index >= 15 is 0 Å². The molecule has 0 bridgehead atoms. The smallest absolute Gasteiger partial charge is 0.0597 e. The fourth-order valence-corrected chi connectivity index (χ4v) is 2.93. The molecule has 0 aromatic carbocycles. The van der Waals surface area contributed by atoms with Gasteiger partial charge >= 0.3 is 0 Å². The van der Waals surface area contributed by atoms with Crippen molar-refractivity contribution >= 4 is 0 Å². The molecular formula is C12H25N3. The lowest BCUT2D eigenvalue weighted by molar-refractivity contribution is 0.0914. The van der Waals surface area contributed by atoms with Crippen molar-refractivity contribution in [3.63, 3.8) is 0 Å². The molecular weight excluding hydrogens is 186 g/mol. The number of nitrogens with one attached hydrogen (secondary N) is 1. The molecule has 15 heavy (non-hydrogen) atoms. The Morgan fingerprint density at radius 2 is 1.93 bits per heavy atom. The summed E-state index contributed by atoms with van der Waals surface area (Å²) in [6, 6.07) is 0.